The number of rotatable bonds is 4. The molecule has 0 unspecified atom stereocenters. The number of benzene rings is 2. The van der Waals surface area contributed by atoms with Crippen LogP contribution in [0.25, 0.3) is 28.2 Å². The van der Waals surface area contributed by atoms with E-state index in [0.717, 1.165) is 22.5 Å². The van der Waals surface area contributed by atoms with Crippen molar-refractivity contribution >= 4 is 34.8 Å². The number of anilines is 1. The average Bonchev–Trinajstić information content (AvgIpc) is 3.66. The maximum absolute atomic E-state index is 13.6. The molecule has 0 radical (unpaired) electrons. The van der Waals surface area contributed by atoms with Gasteiger partial charge >= 0.3 is 0 Å². The fourth-order valence-electron chi connectivity index (χ4n) is 5.62. The molecule has 5 heterocycles. The summed E-state index contributed by atoms with van der Waals surface area (Å²) in [5.41, 5.74) is 5.38. The van der Waals surface area contributed by atoms with Crippen molar-refractivity contribution < 1.29 is 4.79 Å². The molecule has 0 aliphatic carbocycles. The van der Waals surface area contributed by atoms with Crippen molar-refractivity contribution in [2.45, 2.75) is 32.2 Å². The highest BCUT2D eigenvalue weighted by atomic mass is 35.5. The first-order chi connectivity index (χ1) is 19.3. The molecule has 0 saturated carbocycles. The van der Waals surface area contributed by atoms with Crippen LogP contribution in [0.1, 0.15) is 36.6 Å². The van der Waals surface area contributed by atoms with Gasteiger partial charge in [0.15, 0.2) is 5.15 Å². The van der Waals surface area contributed by atoms with Gasteiger partial charge in [-0.05, 0) is 53.8 Å². The minimum absolute atomic E-state index is 0.0366. The van der Waals surface area contributed by atoms with Gasteiger partial charge in [0.25, 0.3) is 5.56 Å². The van der Waals surface area contributed by atoms with E-state index in [2.05, 4.69) is 38.6 Å². The number of aromatic amines is 1. The SMILES string of the molecule is C[C@H]1Cc2nc(-c3cc(Cl)ccc3-n3cc(Cl)nn3)cc(=O)n2[C@@H]1c1ncc(-c2ccc3c(c2)CCC(=O)N3)[nH]1. The zero-order valence-corrected chi connectivity index (χ0v) is 22.7. The average molecular weight is 573 g/mol. The normalized spacial score (nSPS) is 17.9. The molecule has 2 N–H and O–H groups in total. The molecule has 7 rings (SSSR count). The molecule has 2 aromatic carbocycles. The lowest BCUT2D eigenvalue weighted by Crippen LogP contribution is -2.26. The largest absolute Gasteiger partial charge is 0.340 e. The lowest BCUT2D eigenvalue weighted by atomic mass is 9.99. The highest BCUT2D eigenvalue weighted by molar-refractivity contribution is 6.31. The third-order valence-electron chi connectivity index (χ3n) is 7.48. The molecule has 0 fully saturated rings. The molecule has 2 aliphatic rings. The molecule has 2 atom stereocenters. The predicted octanol–water partition coefficient (Wildman–Crippen LogP) is 4.85. The second-order valence-corrected chi connectivity index (χ2v) is 11.0. The third kappa shape index (κ3) is 4.20. The lowest BCUT2D eigenvalue weighted by Gasteiger charge is -2.17. The molecule has 0 spiro atoms. The molecule has 5 aromatic rings. The molecule has 3 aromatic heterocycles. The number of H-pyrrole nitrogens is 1. The zero-order valence-electron chi connectivity index (χ0n) is 21.2. The lowest BCUT2D eigenvalue weighted by molar-refractivity contribution is -0.116. The van der Waals surface area contributed by atoms with Crippen molar-refractivity contribution in [1.82, 2.24) is 34.5 Å². The molecular formula is C28H22Cl2N8O2. The Morgan fingerprint density at radius 1 is 1.05 bits per heavy atom. The van der Waals surface area contributed by atoms with Crippen molar-refractivity contribution in [3.63, 3.8) is 0 Å². The van der Waals surface area contributed by atoms with Gasteiger partial charge in [0.1, 0.15) is 11.6 Å². The van der Waals surface area contributed by atoms with E-state index >= 15 is 0 Å². The molecule has 12 heteroatoms. The van der Waals surface area contributed by atoms with Crippen LogP contribution in [-0.2, 0) is 17.6 Å². The number of nitrogens with zero attached hydrogens (tertiary/aromatic N) is 6. The highest BCUT2D eigenvalue weighted by Gasteiger charge is 2.35. The van der Waals surface area contributed by atoms with Crippen LogP contribution < -0.4 is 10.9 Å². The van der Waals surface area contributed by atoms with Gasteiger partial charge in [0.2, 0.25) is 5.91 Å². The topological polar surface area (TPSA) is 123 Å². The molecule has 2 aliphatic heterocycles. The number of hydrogen-bond acceptors (Lipinski definition) is 6. The van der Waals surface area contributed by atoms with E-state index in [-0.39, 0.29) is 28.6 Å². The van der Waals surface area contributed by atoms with Gasteiger partial charge < -0.3 is 10.3 Å². The number of imidazole rings is 1. The van der Waals surface area contributed by atoms with Gasteiger partial charge in [-0.3, -0.25) is 14.2 Å². The highest BCUT2D eigenvalue weighted by Crippen LogP contribution is 2.36. The summed E-state index contributed by atoms with van der Waals surface area (Å²) in [5.74, 6) is 1.49. The monoisotopic (exact) mass is 572 g/mol. The minimum Gasteiger partial charge on any atom is -0.340 e. The number of aryl methyl sites for hydroxylation is 1. The minimum atomic E-state index is -0.289. The van der Waals surface area contributed by atoms with E-state index in [1.807, 2.05) is 12.1 Å². The standard InChI is InChI=1S/C28H22Cl2N8O2/c1-14-8-24-32-20(18-10-17(29)4-6-22(18)37-13-23(30)35-36-37)11-26(40)38(24)27(14)28-31-12-21(34-28)16-2-5-19-15(9-16)3-7-25(39)33-19/h2,4-6,9-14,27H,3,7-8H2,1H3,(H,31,34)(H,33,39)/t14-,27-/m0/s1. The van der Waals surface area contributed by atoms with Crippen LogP contribution in [0.5, 0.6) is 0 Å². The number of halogens is 2. The molecule has 1 amide bonds. The fraction of sp³-hybridized carbons (Fsp3) is 0.214. The van der Waals surface area contributed by atoms with Crippen molar-refractivity contribution in [2.24, 2.45) is 5.92 Å². The van der Waals surface area contributed by atoms with Gasteiger partial charge in [-0.25, -0.2) is 14.6 Å². The maximum atomic E-state index is 13.6. The Labute approximate surface area is 238 Å². The van der Waals surface area contributed by atoms with Crippen LogP contribution in [0.2, 0.25) is 10.2 Å². The van der Waals surface area contributed by atoms with Crippen LogP contribution in [0, 0.1) is 5.92 Å². The van der Waals surface area contributed by atoms with Gasteiger partial charge in [0, 0.05) is 35.2 Å². The van der Waals surface area contributed by atoms with Gasteiger partial charge in [-0.15, -0.1) is 5.10 Å². The van der Waals surface area contributed by atoms with Crippen LogP contribution in [-0.4, -0.2) is 40.4 Å². The van der Waals surface area contributed by atoms with E-state index in [4.69, 9.17) is 28.2 Å². The number of aromatic nitrogens is 7. The van der Waals surface area contributed by atoms with Crippen molar-refractivity contribution in [1.29, 1.82) is 0 Å². The number of carbonyl (C=O) groups is 1. The van der Waals surface area contributed by atoms with Gasteiger partial charge in [-0.1, -0.05) is 41.4 Å². The Kier molecular flexibility index (Phi) is 5.83. The summed E-state index contributed by atoms with van der Waals surface area (Å²) in [4.78, 5) is 38.3. The molecular weight excluding hydrogens is 551 g/mol. The molecule has 0 saturated heterocycles. The molecule has 0 bridgehead atoms. The van der Waals surface area contributed by atoms with E-state index in [1.54, 1.807) is 35.2 Å². The second-order valence-electron chi connectivity index (χ2n) is 10.1. The van der Waals surface area contributed by atoms with E-state index < -0.39 is 0 Å². The summed E-state index contributed by atoms with van der Waals surface area (Å²) in [5, 5.41) is 11.6. The van der Waals surface area contributed by atoms with Gasteiger partial charge in [0.05, 0.1) is 35.5 Å². The Morgan fingerprint density at radius 2 is 1.93 bits per heavy atom. The first-order valence-electron chi connectivity index (χ1n) is 12.8. The quantitative estimate of drug-likeness (QED) is 0.317. The second kappa shape index (κ2) is 9.42. The molecule has 200 valence electrons. The molecule has 10 nitrogen and oxygen atoms in total. The first kappa shape index (κ1) is 24.7. The number of hydrogen-bond donors (Lipinski definition) is 2. The maximum Gasteiger partial charge on any atom is 0.254 e. The number of amides is 1. The summed E-state index contributed by atoms with van der Waals surface area (Å²) < 4.78 is 3.25. The van der Waals surface area contributed by atoms with E-state index in [0.29, 0.717) is 52.9 Å². The Hall–Kier alpha value is -4.28. The van der Waals surface area contributed by atoms with Crippen molar-refractivity contribution in [3.05, 3.63) is 92.6 Å². The summed E-state index contributed by atoms with van der Waals surface area (Å²) in [6, 6.07) is 12.5. The zero-order chi connectivity index (χ0) is 27.5. The Balaban J connectivity index is 1.25. The van der Waals surface area contributed by atoms with E-state index in [9.17, 15) is 9.59 Å². The number of carbonyl (C=O) groups excluding carboxylic acids is 1. The van der Waals surface area contributed by atoms with E-state index in [1.165, 1.54) is 10.7 Å². The van der Waals surface area contributed by atoms with Crippen LogP contribution in [0.3, 0.4) is 0 Å². The third-order valence-corrected chi connectivity index (χ3v) is 7.89. The van der Waals surface area contributed by atoms with Crippen molar-refractivity contribution in [2.75, 3.05) is 5.32 Å². The first-order valence-corrected chi connectivity index (χ1v) is 13.6. The summed E-state index contributed by atoms with van der Waals surface area (Å²) >= 11 is 12.3. The van der Waals surface area contributed by atoms with Crippen molar-refractivity contribution in [3.8, 4) is 28.2 Å². The summed E-state index contributed by atoms with van der Waals surface area (Å²) in [6.07, 6.45) is 5.15. The van der Waals surface area contributed by atoms with Crippen LogP contribution in [0.4, 0.5) is 5.69 Å². The number of nitrogens with one attached hydrogen (secondary N) is 2. The Bertz CT molecular complexity index is 1870. The molecule has 40 heavy (non-hydrogen) atoms. The number of fused-ring (bicyclic) bond motifs is 2. The Morgan fingerprint density at radius 3 is 2.75 bits per heavy atom. The van der Waals surface area contributed by atoms with Crippen LogP contribution >= 0.6 is 23.2 Å². The summed E-state index contributed by atoms with van der Waals surface area (Å²) in [6.45, 7) is 2.09. The predicted molar refractivity (Wildman–Crippen MR) is 151 cm³/mol. The summed E-state index contributed by atoms with van der Waals surface area (Å²) in [7, 11) is 0. The smallest absolute Gasteiger partial charge is 0.254 e. The van der Waals surface area contributed by atoms with Gasteiger partial charge in [-0.2, -0.15) is 0 Å². The van der Waals surface area contributed by atoms with Crippen LogP contribution in [0.15, 0.2) is 59.7 Å². The fourth-order valence-corrected chi connectivity index (χ4v) is 5.92.